The summed E-state index contributed by atoms with van der Waals surface area (Å²) in [5, 5.41) is 12.3. The largest absolute Gasteiger partial charge is 0.419 e. The molecule has 5 heteroatoms. The number of rotatable bonds is 4. The van der Waals surface area contributed by atoms with Gasteiger partial charge >= 0.3 is 0 Å². The lowest BCUT2D eigenvalue weighted by atomic mass is 10.1. The van der Waals surface area contributed by atoms with Crippen molar-refractivity contribution >= 4 is 5.88 Å². The maximum atomic E-state index is 9.18. The van der Waals surface area contributed by atoms with Gasteiger partial charge in [0.2, 0.25) is 17.5 Å². The molecule has 0 spiro atoms. The second-order valence-electron chi connectivity index (χ2n) is 5.19. The summed E-state index contributed by atoms with van der Waals surface area (Å²) >= 11 is 0. The predicted molar refractivity (Wildman–Crippen MR) is 78.9 cm³/mol. The first-order valence-electron chi connectivity index (χ1n) is 7.09. The molecule has 0 amide bonds. The zero-order valence-electron chi connectivity index (χ0n) is 11.9. The molecule has 1 aliphatic heterocycles. The smallest absolute Gasteiger partial charge is 0.232 e. The number of nitrogens with zero attached hydrogens (tertiary/aromatic N) is 2. The number of aromatic nitrogens is 1. The number of anilines is 1. The highest BCUT2D eigenvalue weighted by Crippen LogP contribution is 2.26. The summed E-state index contributed by atoms with van der Waals surface area (Å²) in [6.45, 7) is 3.45. The molecule has 1 N–H and O–H groups in total. The number of nitriles is 1. The molecule has 1 aliphatic rings. The second-order valence-corrected chi connectivity index (χ2v) is 5.19. The Kier molecular flexibility index (Phi) is 3.89. The van der Waals surface area contributed by atoms with Crippen molar-refractivity contribution in [3.8, 4) is 17.5 Å². The third-order valence-corrected chi connectivity index (χ3v) is 3.51. The number of aryl methyl sites for hydroxylation is 1. The molecule has 0 radical (unpaired) electrons. The van der Waals surface area contributed by atoms with E-state index in [-0.39, 0.29) is 11.8 Å². The van der Waals surface area contributed by atoms with Crippen LogP contribution >= 0.6 is 0 Å². The van der Waals surface area contributed by atoms with Crippen LogP contribution in [0.4, 0.5) is 5.88 Å². The Hall–Kier alpha value is -2.32. The topological polar surface area (TPSA) is 71.1 Å². The number of oxazole rings is 1. The molecule has 0 unspecified atom stereocenters. The standard InChI is InChI=1S/C16H17N3O2/c1-11-4-2-5-12(8-11)15-19-14(9-17)16(21-15)18-10-13-6-3-7-20-13/h2,4-5,8,13,18H,3,6-7,10H2,1H3/t13-/m1/s1. The number of benzene rings is 1. The van der Waals surface area contributed by atoms with E-state index in [1.54, 1.807) is 0 Å². The van der Waals surface area contributed by atoms with E-state index in [0.29, 0.717) is 18.3 Å². The van der Waals surface area contributed by atoms with E-state index in [1.165, 1.54) is 0 Å². The normalized spacial score (nSPS) is 17.6. The van der Waals surface area contributed by atoms with E-state index in [1.807, 2.05) is 31.2 Å². The summed E-state index contributed by atoms with van der Waals surface area (Å²) in [6.07, 6.45) is 2.31. The Labute approximate surface area is 123 Å². The van der Waals surface area contributed by atoms with Crippen LogP contribution in [-0.4, -0.2) is 24.2 Å². The molecular weight excluding hydrogens is 266 g/mol. The lowest BCUT2D eigenvalue weighted by Crippen LogP contribution is -2.18. The van der Waals surface area contributed by atoms with Crippen LogP contribution in [0.1, 0.15) is 24.1 Å². The van der Waals surface area contributed by atoms with Crippen molar-refractivity contribution in [1.29, 1.82) is 5.26 Å². The fourth-order valence-corrected chi connectivity index (χ4v) is 2.43. The monoisotopic (exact) mass is 283 g/mol. The highest BCUT2D eigenvalue weighted by molar-refractivity contribution is 5.59. The molecule has 1 aromatic heterocycles. The summed E-state index contributed by atoms with van der Waals surface area (Å²) < 4.78 is 11.3. The van der Waals surface area contributed by atoms with E-state index in [4.69, 9.17) is 9.15 Å². The van der Waals surface area contributed by atoms with Crippen LogP contribution in [0.2, 0.25) is 0 Å². The van der Waals surface area contributed by atoms with Gasteiger partial charge in [0.25, 0.3) is 0 Å². The van der Waals surface area contributed by atoms with Crippen molar-refractivity contribution in [2.45, 2.75) is 25.9 Å². The summed E-state index contributed by atoms with van der Waals surface area (Å²) in [7, 11) is 0. The van der Waals surface area contributed by atoms with Crippen LogP contribution in [0.15, 0.2) is 28.7 Å². The third kappa shape index (κ3) is 3.06. The minimum atomic E-state index is 0.184. The summed E-state index contributed by atoms with van der Waals surface area (Å²) in [4.78, 5) is 4.25. The molecular formula is C16H17N3O2. The quantitative estimate of drug-likeness (QED) is 0.933. The number of ether oxygens (including phenoxy) is 1. The molecule has 0 saturated carbocycles. The van der Waals surface area contributed by atoms with Crippen molar-refractivity contribution in [1.82, 2.24) is 4.98 Å². The van der Waals surface area contributed by atoms with Gasteiger partial charge < -0.3 is 14.5 Å². The molecule has 3 rings (SSSR count). The molecule has 21 heavy (non-hydrogen) atoms. The Morgan fingerprint density at radius 1 is 1.48 bits per heavy atom. The van der Waals surface area contributed by atoms with Gasteiger partial charge in [0.05, 0.1) is 6.10 Å². The Morgan fingerprint density at radius 3 is 3.10 bits per heavy atom. The van der Waals surface area contributed by atoms with E-state index in [0.717, 1.165) is 30.6 Å². The molecule has 1 fully saturated rings. The molecule has 5 nitrogen and oxygen atoms in total. The van der Waals surface area contributed by atoms with E-state index < -0.39 is 0 Å². The van der Waals surface area contributed by atoms with Crippen molar-refractivity contribution < 1.29 is 9.15 Å². The highest BCUT2D eigenvalue weighted by Gasteiger charge is 2.19. The molecule has 2 aromatic rings. The van der Waals surface area contributed by atoms with Gasteiger partial charge in [0.1, 0.15) is 6.07 Å². The average molecular weight is 283 g/mol. The summed E-state index contributed by atoms with van der Waals surface area (Å²) in [6, 6.07) is 9.92. The first-order valence-corrected chi connectivity index (χ1v) is 7.09. The number of hydrogen-bond donors (Lipinski definition) is 1. The van der Waals surface area contributed by atoms with Crippen LogP contribution in [0.25, 0.3) is 11.5 Å². The first kappa shape index (κ1) is 13.7. The van der Waals surface area contributed by atoms with Gasteiger partial charge in [-0.1, -0.05) is 17.7 Å². The van der Waals surface area contributed by atoms with Gasteiger partial charge in [-0.3, -0.25) is 0 Å². The van der Waals surface area contributed by atoms with Crippen LogP contribution in [0.3, 0.4) is 0 Å². The van der Waals surface area contributed by atoms with Crippen molar-refractivity contribution in [2.24, 2.45) is 0 Å². The summed E-state index contributed by atoms with van der Waals surface area (Å²) in [5.74, 6) is 0.884. The maximum absolute atomic E-state index is 9.18. The maximum Gasteiger partial charge on any atom is 0.232 e. The Morgan fingerprint density at radius 2 is 2.38 bits per heavy atom. The van der Waals surface area contributed by atoms with E-state index >= 15 is 0 Å². The second kappa shape index (κ2) is 5.98. The first-order chi connectivity index (χ1) is 10.3. The summed E-state index contributed by atoms with van der Waals surface area (Å²) in [5.41, 5.74) is 2.28. The van der Waals surface area contributed by atoms with Gasteiger partial charge in [-0.2, -0.15) is 10.2 Å². The fourth-order valence-electron chi connectivity index (χ4n) is 2.43. The number of nitrogens with one attached hydrogen (secondary N) is 1. The Bertz CT molecular complexity index is 666. The van der Waals surface area contributed by atoms with Crippen LogP contribution < -0.4 is 5.32 Å². The van der Waals surface area contributed by atoms with Crippen LogP contribution in [0.5, 0.6) is 0 Å². The SMILES string of the molecule is Cc1cccc(-c2nc(C#N)c(NC[C@H]3CCCO3)o2)c1. The molecule has 108 valence electrons. The molecule has 2 heterocycles. The number of hydrogen-bond acceptors (Lipinski definition) is 5. The van der Waals surface area contributed by atoms with Gasteiger partial charge in [-0.15, -0.1) is 0 Å². The van der Waals surface area contributed by atoms with Gasteiger partial charge in [-0.25, -0.2) is 0 Å². The lowest BCUT2D eigenvalue weighted by molar-refractivity contribution is 0.120. The minimum Gasteiger partial charge on any atom is -0.419 e. The van der Waals surface area contributed by atoms with Gasteiger partial charge in [0, 0.05) is 18.7 Å². The molecule has 1 aromatic carbocycles. The average Bonchev–Trinajstić information content (AvgIpc) is 3.14. The van der Waals surface area contributed by atoms with Crippen molar-refractivity contribution in [3.05, 3.63) is 35.5 Å². The van der Waals surface area contributed by atoms with Crippen LogP contribution in [0, 0.1) is 18.3 Å². The molecule has 0 bridgehead atoms. The van der Waals surface area contributed by atoms with E-state index in [2.05, 4.69) is 16.4 Å². The predicted octanol–water partition coefficient (Wildman–Crippen LogP) is 3.11. The van der Waals surface area contributed by atoms with Crippen LogP contribution in [-0.2, 0) is 4.74 Å². The third-order valence-electron chi connectivity index (χ3n) is 3.51. The van der Waals surface area contributed by atoms with Gasteiger partial charge in [0.15, 0.2) is 0 Å². The zero-order chi connectivity index (χ0) is 14.7. The van der Waals surface area contributed by atoms with E-state index in [9.17, 15) is 5.26 Å². The molecule has 1 saturated heterocycles. The zero-order valence-corrected chi connectivity index (χ0v) is 11.9. The minimum absolute atomic E-state index is 0.184. The molecule has 1 atom stereocenters. The Balaban J connectivity index is 1.79. The van der Waals surface area contributed by atoms with Crippen molar-refractivity contribution in [3.63, 3.8) is 0 Å². The molecule has 0 aliphatic carbocycles. The highest BCUT2D eigenvalue weighted by atomic mass is 16.5. The van der Waals surface area contributed by atoms with Crippen molar-refractivity contribution in [2.75, 3.05) is 18.5 Å². The lowest BCUT2D eigenvalue weighted by Gasteiger charge is -2.09. The fraction of sp³-hybridized carbons (Fsp3) is 0.375. The van der Waals surface area contributed by atoms with Gasteiger partial charge in [-0.05, 0) is 31.9 Å².